The maximum Gasteiger partial charge on any atom is 0.328 e. The van der Waals surface area contributed by atoms with Gasteiger partial charge in [0.25, 0.3) is 0 Å². The molecule has 0 saturated heterocycles. The van der Waals surface area contributed by atoms with Crippen LogP contribution in [0.1, 0.15) is 18.4 Å². The summed E-state index contributed by atoms with van der Waals surface area (Å²) >= 11 is 0. The summed E-state index contributed by atoms with van der Waals surface area (Å²) in [5.74, 6) is -0.422. The lowest BCUT2D eigenvalue weighted by Gasteiger charge is -2.08. The third-order valence-corrected chi connectivity index (χ3v) is 2.41. The third kappa shape index (κ3) is 5.72. The van der Waals surface area contributed by atoms with E-state index >= 15 is 0 Å². The number of hydrogen-bond donors (Lipinski definition) is 2. The quantitative estimate of drug-likeness (QED) is 0.580. The van der Waals surface area contributed by atoms with Crippen LogP contribution in [0.15, 0.2) is 30.3 Å². The van der Waals surface area contributed by atoms with E-state index in [1.54, 1.807) is 25.2 Å². The highest BCUT2D eigenvalue weighted by Gasteiger charge is 2.02. The van der Waals surface area contributed by atoms with Gasteiger partial charge in [-0.1, -0.05) is 18.2 Å². The topological polar surface area (TPSA) is 75.6 Å². The number of rotatable bonds is 7. The number of benzene rings is 1. The van der Waals surface area contributed by atoms with Crippen LogP contribution in [-0.2, 0) is 9.59 Å². The predicted octanol–water partition coefficient (Wildman–Crippen LogP) is 1.69. The Hall–Kier alpha value is -2.30. The Balaban J connectivity index is 2.53. The van der Waals surface area contributed by atoms with E-state index in [1.165, 1.54) is 6.08 Å². The van der Waals surface area contributed by atoms with Crippen molar-refractivity contribution < 1.29 is 19.4 Å². The molecule has 0 aromatic heterocycles. The molecule has 0 aliphatic heterocycles. The van der Waals surface area contributed by atoms with Crippen molar-refractivity contribution in [3.63, 3.8) is 0 Å². The first-order valence-electron chi connectivity index (χ1n) is 5.97. The fourth-order valence-corrected chi connectivity index (χ4v) is 1.45. The van der Waals surface area contributed by atoms with Gasteiger partial charge in [0.2, 0.25) is 5.91 Å². The van der Waals surface area contributed by atoms with Crippen molar-refractivity contribution in [2.75, 3.05) is 13.7 Å². The molecule has 1 amide bonds. The van der Waals surface area contributed by atoms with Gasteiger partial charge in [-0.2, -0.15) is 0 Å². The summed E-state index contributed by atoms with van der Waals surface area (Å²) < 4.78 is 5.54. The van der Waals surface area contributed by atoms with Gasteiger partial charge in [-0.05, 0) is 18.6 Å². The summed E-state index contributed by atoms with van der Waals surface area (Å²) in [6.07, 6.45) is 3.56. The van der Waals surface area contributed by atoms with Crippen LogP contribution in [0.3, 0.4) is 0 Å². The molecular weight excluding hydrogens is 246 g/mol. The van der Waals surface area contributed by atoms with Crippen molar-refractivity contribution in [1.82, 2.24) is 5.32 Å². The molecule has 0 unspecified atom stereocenters. The lowest BCUT2D eigenvalue weighted by Crippen LogP contribution is -2.18. The molecule has 1 aromatic rings. The van der Waals surface area contributed by atoms with Gasteiger partial charge in [0.1, 0.15) is 5.75 Å². The summed E-state index contributed by atoms with van der Waals surface area (Å²) in [6, 6.07) is 7.15. The molecular formula is C14H17NO4. The lowest BCUT2D eigenvalue weighted by atomic mass is 10.2. The van der Waals surface area contributed by atoms with Gasteiger partial charge in [-0.3, -0.25) is 4.79 Å². The van der Waals surface area contributed by atoms with Crippen LogP contribution in [0.25, 0.3) is 6.08 Å². The van der Waals surface area contributed by atoms with Crippen molar-refractivity contribution in [3.05, 3.63) is 35.9 Å². The highest BCUT2D eigenvalue weighted by atomic mass is 16.5. The minimum Gasteiger partial charge on any atom is -0.493 e. The van der Waals surface area contributed by atoms with Crippen LogP contribution >= 0.6 is 0 Å². The zero-order chi connectivity index (χ0) is 14.1. The largest absolute Gasteiger partial charge is 0.493 e. The maximum atomic E-state index is 11.0. The summed E-state index contributed by atoms with van der Waals surface area (Å²) in [7, 11) is 1.59. The summed E-state index contributed by atoms with van der Waals surface area (Å²) in [5.41, 5.74) is 0.699. The molecule has 102 valence electrons. The highest BCUT2D eigenvalue weighted by Crippen LogP contribution is 2.19. The average Bonchev–Trinajstić information content (AvgIpc) is 2.41. The van der Waals surface area contributed by atoms with Gasteiger partial charge in [0.15, 0.2) is 0 Å². The van der Waals surface area contributed by atoms with E-state index in [-0.39, 0.29) is 5.91 Å². The minimum absolute atomic E-state index is 0.0253. The SMILES string of the molecule is CNC(=O)CCCOc1ccccc1C=CC(=O)O. The van der Waals surface area contributed by atoms with Crippen LogP contribution in [0, 0.1) is 0 Å². The zero-order valence-electron chi connectivity index (χ0n) is 10.8. The standard InChI is InChI=1S/C14H17NO4/c1-15-13(16)7-4-10-19-12-6-3-2-5-11(12)8-9-14(17)18/h2-3,5-6,8-9H,4,7,10H2,1H3,(H,15,16)(H,17,18). The molecule has 5 nitrogen and oxygen atoms in total. The van der Waals surface area contributed by atoms with Crippen LogP contribution in [0.5, 0.6) is 5.75 Å². The highest BCUT2D eigenvalue weighted by molar-refractivity contribution is 5.85. The Labute approximate surface area is 111 Å². The lowest BCUT2D eigenvalue weighted by molar-refractivity contribution is -0.131. The molecule has 0 atom stereocenters. The molecule has 0 heterocycles. The van der Waals surface area contributed by atoms with Crippen LogP contribution in [-0.4, -0.2) is 30.6 Å². The van der Waals surface area contributed by atoms with Crippen molar-refractivity contribution in [2.24, 2.45) is 0 Å². The smallest absolute Gasteiger partial charge is 0.328 e. The van der Waals surface area contributed by atoms with E-state index in [0.717, 1.165) is 6.08 Å². The van der Waals surface area contributed by atoms with Crippen LogP contribution < -0.4 is 10.1 Å². The Bertz CT molecular complexity index is 468. The van der Waals surface area contributed by atoms with Gasteiger partial charge >= 0.3 is 5.97 Å². The van der Waals surface area contributed by atoms with Gasteiger partial charge in [-0.25, -0.2) is 4.79 Å². The van der Waals surface area contributed by atoms with Crippen molar-refractivity contribution in [1.29, 1.82) is 0 Å². The third-order valence-electron chi connectivity index (χ3n) is 2.41. The Morgan fingerprint density at radius 2 is 2.11 bits per heavy atom. The average molecular weight is 263 g/mol. The number of carbonyl (C=O) groups is 2. The van der Waals surface area contributed by atoms with E-state index in [1.807, 2.05) is 6.07 Å². The summed E-state index contributed by atoms with van der Waals surface area (Å²) in [5, 5.41) is 11.1. The number of nitrogens with one attached hydrogen (secondary N) is 1. The first kappa shape index (κ1) is 14.8. The zero-order valence-corrected chi connectivity index (χ0v) is 10.8. The summed E-state index contributed by atoms with van der Waals surface area (Å²) in [4.78, 5) is 21.5. The molecule has 2 N–H and O–H groups in total. The summed E-state index contributed by atoms with van der Waals surface area (Å²) in [6.45, 7) is 0.408. The number of carboxylic acids is 1. The normalized spacial score (nSPS) is 10.4. The number of hydrogen-bond acceptors (Lipinski definition) is 3. The molecule has 1 rings (SSSR count). The van der Waals surface area contributed by atoms with E-state index in [0.29, 0.717) is 30.8 Å². The van der Waals surface area contributed by atoms with E-state index in [9.17, 15) is 9.59 Å². The molecule has 0 fully saturated rings. The van der Waals surface area contributed by atoms with Gasteiger partial charge in [0.05, 0.1) is 6.61 Å². The van der Waals surface area contributed by atoms with Gasteiger partial charge in [0, 0.05) is 25.1 Å². The monoisotopic (exact) mass is 263 g/mol. The number of carboxylic acid groups (broad SMARTS) is 1. The van der Waals surface area contributed by atoms with Crippen molar-refractivity contribution in [2.45, 2.75) is 12.8 Å². The second-order valence-corrected chi connectivity index (χ2v) is 3.83. The van der Waals surface area contributed by atoms with Crippen LogP contribution in [0.4, 0.5) is 0 Å². The minimum atomic E-state index is -1.01. The molecule has 0 aliphatic rings. The van der Waals surface area contributed by atoms with Crippen molar-refractivity contribution >= 4 is 18.0 Å². The molecule has 0 radical (unpaired) electrons. The Kier molecular flexibility index (Phi) is 6.15. The molecule has 5 heteroatoms. The fraction of sp³-hybridized carbons (Fsp3) is 0.286. The molecule has 0 bridgehead atoms. The van der Waals surface area contributed by atoms with Gasteiger partial charge in [-0.15, -0.1) is 0 Å². The second kappa shape index (κ2) is 7.92. The number of para-hydroxylation sites is 1. The number of aliphatic carboxylic acids is 1. The van der Waals surface area contributed by atoms with E-state index in [4.69, 9.17) is 9.84 Å². The fourth-order valence-electron chi connectivity index (χ4n) is 1.45. The molecule has 0 saturated carbocycles. The molecule has 0 aliphatic carbocycles. The van der Waals surface area contributed by atoms with E-state index < -0.39 is 5.97 Å². The molecule has 0 spiro atoms. The van der Waals surface area contributed by atoms with Crippen molar-refractivity contribution in [3.8, 4) is 5.75 Å². The van der Waals surface area contributed by atoms with Gasteiger partial charge < -0.3 is 15.2 Å². The maximum absolute atomic E-state index is 11.0. The first-order chi connectivity index (χ1) is 9.13. The number of carbonyl (C=O) groups excluding carboxylic acids is 1. The number of amides is 1. The Morgan fingerprint density at radius 1 is 1.37 bits per heavy atom. The second-order valence-electron chi connectivity index (χ2n) is 3.83. The Morgan fingerprint density at radius 3 is 2.79 bits per heavy atom. The molecule has 1 aromatic carbocycles. The first-order valence-corrected chi connectivity index (χ1v) is 5.97. The van der Waals surface area contributed by atoms with Crippen LogP contribution in [0.2, 0.25) is 0 Å². The predicted molar refractivity (Wildman–Crippen MR) is 71.9 cm³/mol. The molecule has 19 heavy (non-hydrogen) atoms. The van der Waals surface area contributed by atoms with E-state index in [2.05, 4.69) is 5.32 Å². The number of ether oxygens (including phenoxy) is 1.